The van der Waals surface area contributed by atoms with Crippen LogP contribution in [0.25, 0.3) is 0 Å². The third kappa shape index (κ3) is 2.87. The first-order valence-electron chi connectivity index (χ1n) is 5.62. The molecule has 1 fully saturated rings. The lowest BCUT2D eigenvalue weighted by Gasteiger charge is -2.15. The van der Waals surface area contributed by atoms with Gasteiger partial charge in [0.15, 0.2) is 0 Å². The number of allylic oxidation sites excluding steroid dienone is 6. The molecule has 2 rings (SSSR count). The Kier molecular flexibility index (Phi) is 3.22. The molecule has 0 aliphatic heterocycles. The van der Waals surface area contributed by atoms with Crippen molar-refractivity contribution in [2.24, 2.45) is 11.8 Å². The standard InChI is InChI=1S/C13H13F3O/c14-13(15,16)11-4-2-1-3-9(7-11)10-5-6-12(17)8-10/h1-4,7,10-11H,5-6,8H2. The van der Waals surface area contributed by atoms with Gasteiger partial charge in [-0.1, -0.05) is 30.4 Å². The van der Waals surface area contributed by atoms with Crippen LogP contribution >= 0.6 is 0 Å². The summed E-state index contributed by atoms with van der Waals surface area (Å²) in [4.78, 5) is 11.2. The van der Waals surface area contributed by atoms with E-state index in [1.165, 1.54) is 12.2 Å². The van der Waals surface area contributed by atoms with E-state index in [4.69, 9.17) is 0 Å². The maximum Gasteiger partial charge on any atom is 0.398 e. The number of Topliss-reactive ketones (excluding diaryl/α,β-unsaturated/α-hetero) is 1. The number of halogens is 3. The summed E-state index contributed by atoms with van der Waals surface area (Å²) in [5.74, 6) is -1.43. The molecule has 1 nitrogen and oxygen atoms in total. The molecule has 0 N–H and O–H groups in total. The van der Waals surface area contributed by atoms with Gasteiger partial charge in [-0.15, -0.1) is 0 Å². The second-order valence-electron chi connectivity index (χ2n) is 4.46. The lowest BCUT2D eigenvalue weighted by molar-refractivity contribution is -0.148. The molecule has 2 atom stereocenters. The van der Waals surface area contributed by atoms with E-state index in [1.54, 1.807) is 12.2 Å². The Hall–Kier alpha value is -1.32. The quantitative estimate of drug-likeness (QED) is 0.686. The molecule has 0 radical (unpaired) electrons. The summed E-state index contributed by atoms with van der Waals surface area (Å²) < 4.78 is 38.0. The zero-order valence-electron chi connectivity index (χ0n) is 9.20. The van der Waals surface area contributed by atoms with Crippen molar-refractivity contribution in [2.45, 2.75) is 25.4 Å². The van der Waals surface area contributed by atoms with Crippen molar-refractivity contribution in [3.63, 3.8) is 0 Å². The third-order valence-electron chi connectivity index (χ3n) is 3.19. The first-order valence-corrected chi connectivity index (χ1v) is 5.62. The van der Waals surface area contributed by atoms with Crippen LogP contribution in [0.5, 0.6) is 0 Å². The fourth-order valence-corrected chi connectivity index (χ4v) is 2.24. The molecule has 2 aliphatic rings. The number of ketones is 1. The highest BCUT2D eigenvalue weighted by Gasteiger charge is 2.37. The van der Waals surface area contributed by atoms with Crippen LogP contribution in [-0.2, 0) is 4.79 Å². The summed E-state index contributed by atoms with van der Waals surface area (Å²) in [5, 5.41) is 0. The lowest BCUT2D eigenvalue weighted by atomic mass is 9.94. The second-order valence-corrected chi connectivity index (χ2v) is 4.46. The highest BCUT2D eigenvalue weighted by atomic mass is 19.4. The molecule has 0 spiro atoms. The van der Waals surface area contributed by atoms with E-state index in [1.807, 2.05) is 0 Å². The van der Waals surface area contributed by atoms with Crippen LogP contribution in [0.15, 0.2) is 36.0 Å². The molecule has 0 bridgehead atoms. The number of carbonyl (C=O) groups excluding carboxylic acids is 1. The predicted octanol–water partition coefficient (Wildman–Crippen LogP) is 3.59. The third-order valence-corrected chi connectivity index (χ3v) is 3.19. The van der Waals surface area contributed by atoms with Gasteiger partial charge in [0.2, 0.25) is 0 Å². The van der Waals surface area contributed by atoms with Crippen molar-refractivity contribution in [3.8, 4) is 0 Å². The number of hydrogen-bond donors (Lipinski definition) is 0. The van der Waals surface area contributed by atoms with Crippen molar-refractivity contribution in [2.75, 3.05) is 0 Å². The van der Waals surface area contributed by atoms with E-state index < -0.39 is 12.1 Å². The Labute approximate surface area is 97.7 Å². The number of carbonyl (C=O) groups is 1. The van der Waals surface area contributed by atoms with Crippen LogP contribution in [0.1, 0.15) is 19.3 Å². The zero-order chi connectivity index (χ0) is 12.5. The van der Waals surface area contributed by atoms with Crippen LogP contribution in [0.4, 0.5) is 13.2 Å². The zero-order valence-corrected chi connectivity index (χ0v) is 9.20. The first-order chi connectivity index (χ1) is 7.97. The Morgan fingerprint density at radius 2 is 2.00 bits per heavy atom. The molecule has 2 unspecified atom stereocenters. The van der Waals surface area contributed by atoms with E-state index in [9.17, 15) is 18.0 Å². The van der Waals surface area contributed by atoms with Crippen molar-refractivity contribution >= 4 is 5.78 Å². The van der Waals surface area contributed by atoms with Gasteiger partial charge in [0.05, 0.1) is 5.92 Å². The topological polar surface area (TPSA) is 17.1 Å². The number of hydrogen-bond acceptors (Lipinski definition) is 1. The van der Waals surface area contributed by atoms with Crippen LogP contribution in [-0.4, -0.2) is 12.0 Å². The lowest BCUT2D eigenvalue weighted by Crippen LogP contribution is -2.19. The van der Waals surface area contributed by atoms with Crippen molar-refractivity contribution in [1.29, 1.82) is 0 Å². The average molecular weight is 242 g/mol. The van der Waals surface area contributed by atoms with Gasteiger partial charge >= 0.3 is 6.18 Å². The summed E-state index contributed by atoms with van der Waals surface area (Å²) in [6.07, 6.45) is 4.37. The Bertz CT molecular complexity index is 401. The maximum absolute atomic E-state index is 12.7. The van der Waals surface area contributed by atoms with Crippen molar-refractivity contribution < 1.29 is 18.0 Å². The highest BCUT2D eigenvalue weighted by Crippen LogP contribution is 2.35. The molecule has 1 saturated carbocycles. The molecule has 17 heavy (non-hydrogen) atoms. The van der Waals surface area contributed by atoms with E-state index in [0.29, 0.717) is 24.8 Å². The molecule has 0 heterocycles. The molecular formula is C13H13F3O. The highest BCUT2D eigenvalue weighted by molar-refractivity contribution is 5.81. The van der Waals surface area contributed by atoms with Gasteiger partial charge in [0.1, 0.15) is 5.78 Å². The smallest absolute Gasteiger partial charge is 0.300 e. The van der Waals surface area contributed by atoms with Gasteiger partial charge in [-0.05, 0) is 17.9 Å². The number of alkyl halides is 3. The Balaban J connectivity index is 2.21. The van der Waals surface area contributed by atoms with Crippen LogP contribution in [0, 0.1) is 11.8 Å². The van der Waals surface area contributed by atoms with E-state index in [2.05, 4.69) is 0 Å². The van der Waals surface area contributed by atoms with Crippen LogP contribution in [0.3, 0.4) is 0 Å². The minimum absolute atomic E-state index is 0.0384. The van der Waals surface area contributed by atoms with Gasteiger partial charge < -0.3 is 0 Å². The monoisotopic (exact) mass is 242 g/mol. The minimum atomic E-state index is -4.25. The summed E-state index contributed by atoms with van der Waals surface area (Å²) in [6, 6.07) is 0. The van der Waals surface area contributed by atoms with E-state index in [-0.39, 0.29) is 11.7 Å². The SMILES string of the molecule is O=C1CCC(C2=CC(C(F)(F)F)C=CC=C2)C1. The molecule has 0 aromatic heterocycles. The summed E-state index contributed by atoms with van der Waals surface area (Å²) >= 11 is 0. The van der Waals surface area contributed by atoms with Gasteiger partial charge in [-0.2, -0.15) is 13.2 Å². The largest absolute Gasteiger partial charge is 0.398 e. The normalized spacial score (nSPS) is 29.4. The average Bonchev–Trinajstić information content (AvgIpc) is 2.53. The summed E-state index contributed by atoms with van der Waals surface area (Å²) in [7, 11) is 0. The fourth-order valence-electron chi connectivity index (χ4n) is 2.24. The Morgan fingerprint density at radius 3 is 2.59 bits per heavy atom. The fraction of sp³-hybridized carbons (Fsp3) is 0.462. The molecule has 92 valence electrons. The molecule has 4 heteroatoms. The van der Waals surface area contributed by atoms with Crippen LogP contribution < -0.4 is 0 Å². The van der Waals surface area contributed by atoms with Gasteiger partial charge in [-0.3, -0.25) is 4.79 Å². The molecule has 0 aromatic rings. The van der Waals surface area contributed by atoms with Gasteiger partial charge in [0.25, 0.3) is 0 Å². The Morgan fingerprint density at radius 1 is 1.24 bits per heavy atom. The van der Waals surface area contributed by atoms with Gasteiger partial charge in [0, 0.05) is 12.8 Å². The molecular weight excluding hydrogens is 229 g/mol. The predicted molar refractivity (Wildman–Crippen MR) is 58.3 cm³/mol. The summed E-state index contributed by atoms with van der Waals surface area (Å²) in [6.45, 7) is 0. The second kappa shape index (κ2) is 4.51. The molecule has 0 amide bonds. The molecule has 0 aromatic carbocycles. The van der Waals surface area contributed by atoms with Crippen molar-refractivity contribution in [1.82, 2.24) is 0 Å². The van der Waals surface area contributed by atoms with Gasteiger partial charge in [-0.25, -0.2) is 0 Å². The molecule has 0 saturated heterocycles. The minimum Gasteiger partial charge on any atom is -0.300 e. The molecule has 2 aliphatic carbocycles. The first kappa shape index (κ1) is 12.1. The van der Waals surface area contributed by atoms with E-state index >= 15 is 0 Å². The van der Waals surface area contributed by atoms with Crippen LogP contribution in [0.2, 0.25) is 0 Å². The van der Waals surface area contributed by atoms with E-state index in [0.717, 1.165) is 6.08 Å². The maximum atomic E-state index is 12.7. The van der Waals surface area contributed by atoms with Crippen molar-refractivity contribution in [3.05, 3.63) is 36.0 Å². The number of rotatable bonds is 1. The summed E-state index contributed by atoms with van der Waals surface area (Å²) in [5.41, 5.74) is 0.642.